The van der Waals surface area contributed by atoms with Crippen molar-refractivity contribution in [2.75, 3.05) is 0 Å². The quantitative estimate of drug-likeness (QED) is 0.585. The molecule has 0 atom stereocenters. The van der Waals surface area contributed by atoms with Gasteiger partial charge < -0.3 is 10.2 Å². The van der Waals surface area contributed by atoms with E-state index in [-0.39, 0.29) is 0 Å². The van der Waals surface area contributed by atoms with Gasteiger partial charge in [-0.15, -0.1) is 0 Å². The highest BCUT2D eigenvalue weighted by atomic mass is 16.6. The molecule has 3 heteroatoms. The number of hydrogen-bond acceptors (Lipinski definition) is 1. The minimum absolute atomic E-state index is 1.10. The Morgan fingerprint density at radius 1 is 1.60 bits per heavy atom. The average molecular weight is 144 g/mol. The minimum Gasteiger partial charge on any atom is -0.450 e. The largest absolute Gasteiger partial charge is 0.503 e. The molecular formula is C7H12O3. The molecule has 0 heterocycles. The number of carboxylic acid groups (broad SMARTS) is 2. The summed E-state index contributed by atoms with van der Waals surface area (Å²) in [5.41, 5.74) is 0. The molecule has 0 rings (SSSR count). The van der Waals surface area contributed by atoms with Gasteiger partial charge in [0.05, 0.1) is 0 Å². The van der Waals surface area contributed by atoms with Crippen molar-refractivity contribution >= 4 is 6.16 Å². The summed E-state index contributed by atoms with van der Waals surface area (Å²) in [7, 11) is 0. The maximum atomic E-state index is 8.56. The van der Waals surface area contributed by atoms with E-state index in [9.17, 15) is 0 Å². The van der Waals surface area contributed by atoms with Gasteiger partial charge in [0.1, 0.15) is 0 Å². The topological polar surface area (TPSA) is 57.5 Å². The van der Waals surface area contributed by atoms with Crippen LogP contribution >= 0.6 is 0 Å². The van der Waals surface area contributed by atoms with E-state index in [1.807, 2.05) is 6.08 Å². The monoisotopic (exact) mass is 144 g/mol. The number of allylic oxidation sites excluding steroid dienone is 3. The molecule has 10 heavy (non-hydrogen) atoms. The molecule has 0 radical (unpaired) electrons. The van der Waals surface area contributed by atoms with Gasteiger partial charge in [-0.25, -0.2) is 4.79 Å². The predicted octanol–water partition coefficient (Wildman–Crippen LogP) is 2.36. The van der Waals surface area contributed by atoms with Crippen LogP contribution < -0.4 is 0 Å². The fourth-order valence-corrected chi connectivity index (χ4v) is 0.232. The lowest BCUT2D eigenvalue weighted by atomic mass is 10.4. The Hall–Kier alpha value is -1.25. The molecule has 3 nitrogen and oxygen atoms in total. The Balaban J connectivity index is 0. The maximum absolute atomic E-state index is 8.56. The van der Waals surface area contributed by atoms with Crippen LogP contribution in [0.4, 0.5) is 4.79 Å². The third-order valence-corrected chi connectivity index (χ3v) is 0.508. The summed E-state index contributed by atoms with van der Waals surface area (Å²) < 4.78 is 0. The Morgan fingerprint density at radius 2 is 2.00 bits per heavy atom. The van der Waals surface area contributed by atoms with Crippen LogP contribution in [0, 0.1) is 0 Å². The third kappa shape index (κ3) is 72.9. The van der Waals surface area contributed by atoms with Crippen molar-refractivity contribution in [2.45, 2.75) is 13.3 Å². The van der Waals surface area contributed by atoms with Crippen molar-refractivity contribution in [2.24, 2.45) is 0 Å². The van der Waals surface area contributed by atoms with Crippen molar-refractivity contribution in [1.29, 1.82) is 0 Å². The lowest BCUT2D eigenvalue weighted by Crippen LogP contribution is -1.81. The molecular weight excluding hydrogens is 132 g/mol. The van der Waals surface area contributed by atoms with E-state index in [0.29, 0.717) is 0 Å². The first-order valence-corrected chi connectivity index (χ1v) is 2.84. The fraction of sp³-hybridized carbons (Fsp3) is 0.286. The normalized spacial score (nSPS) is 8.10. The zero-order valence-corrected chi connectivity index (χ0v) is 5.95. The molecule has 0 amide bonds. The SMILES string of the molecule is C=CC=CCC.O=C(O)O. The molecule has 0 saturated heterocycles. The molecule has 58 valence electrons. The first-order chi connectivity index (χ1) is 4.65. The zero-order chi connectivity index (χ0) is 8.41. The summed E-state index contributed by atoms with van der Waals surface area (Å²) in [4.78, 5) is 8.56. The second kappa shape index (κ2) is 10.7. The number of carbonyl (C=O) groups is 1. The maximum Gasteiger partial charge on any atom is 0.503 e. The predicted molar refractivity (Wildman–Crippen MR) is 40.3 cm³/mol. The van der Waals surface area contributed by atoms with Gasteiger partial charge in [0, 0.05) is 0 Å². The van der Waals surface area contributed by atoms with Gasteiger partial charge in [0.15, 0.2) is 0 Å². The molecule has 0 spiro atoms. The van der Waals surface area contributed by atoms with Gasteiger partial charge in [-0.05, 0) is 6.42 Å². The van der Waals surface area contributed by atoms with Gasteiger partial charge in [-0.1, -0.05) is 31.7 Å². The summed E-state index contributed by atoms with van der Waals surface area (Å²) in [5.74, 6) is 0. The molecule has 0 aliphatic rings. The van der Waals surface area contributed by atoms with Crippen molar-refractivity contribution in [3.8, 4) is 0 Å². The molecule has 0 aromatic rings. The molecule has 0 unspecified atom stereocenters. The minimum atomic E-state index is -1.83. The summed E-state index contributed by atoms with van der Waals surface area (Å²) >= 11 is 0. The first kappa shape index (κ1) is 11.5. The van der Waals surface area contributed by atoms with Crippen LogP contribution in [0.15, 0.2) is 24.8 Å². The highest BCUT2D eigenvalue weighted by Gasteiger charge is 1.70. The van der Waals surface area contributed by atoms with Crippen LogP contribution in [0.2, 0.25) is 0 Å². The first-order valence-electron chi connectivity index (χ1n) is 2.84. The smallest absolute Gasteiger partial charge is 0.450 e. The van der Waals surface area contributed by atoms with E-state index in [1.54, 1.807) is 6.08 Å². The molecule has 0 aliphatic carbocycles. The number of hydrogen-bond donors (Lipinski definition) is 2. The molecule has 0 aromatic carbocycles. The Labute approximate surface area is 60.3 Å². The van der Waals surface area contributed by atoms with Crippen molar-refractivity contribution in [1.82, 2.24) is 0 Å². The van der Waals surface area contributed by atoms with Gasteiger partial charge >= 0.3 is 6.16 Å². The zero-order valence-electron chi connectivity index (χ0n) is 5.95. The van der Waals surface area contributed by atoms with E-state index >= 15 is 0 Å². The highest BCUT2D eigenvalue weighted by molar-refractivity contribution is 5.53. The fourth-order valence-electron chi connectivity index (χ4n) is 0.232. The summed E-state index contributed by atoms with van der Waals surface area (Å²) in [6.07, 6.45) is 5.06. The van der Waals surface area contributed by atoms with E-state index in [2.05, 4.69) is 19.6 Å². The van der Waals surface area contributed by atoms with Crippen LogP contribution in [0.5, 0.6) is 0 Å². The highest BCUT2D eigenvalue weighted by Crippen LogP contribution is 1.76. The Bertz CT molecular complexity index is 112. The second-order valence-electron chi connectivity index (χ2n) is 1.35. The summed E-state index contributed by atoms with van der Waals surface area (Å²) in [6.45, 7) is 5.61. The Morgan fingerprint density at radius 3 is 2.10 bits per heavy atom. The molecule has 0 saturated carbocycles. The lowest BCUT2D eigenvalue weighted by Gasteiger charge is -1.67. The van der Waals surface area contributed by atoms with Crippen LogP contribution in [-0.2, 0) is 0 Å². The molecule has 0 fully saturated rings. The lowest BCUT2D eigenvalue weighted by molar-refractivity contribution is 0.137. The van der Waals surface area contributed by atoms with Crippen molar-refractivity contribution < 1.29 is 15.0 Å². The summed E-state index contributed by atoms with van der Waals surface area (Å²) in [6, 6.07) is 0. The van der Waals surface area contributed by atoms with Gasteiger partial charge in [-0.3, -0.25) is 0 Å². The second-order valence-corrected chi connectivity index (χ2v) is 1.35. The summed E-state index contributed by atoms with van der Waals surface area (Å²) in [5, 5.41) is 13.9. The Kier molecular flexibility index (Phi) is 12.3. The average Bonchev–Trinajstić information content (AvgIpc) is 1.82. The van der Waals surface area contributed by atoms with Crippen molar-refractivity contribution in [3.05, 3.63) is 24.8 Å². The van der Waals surface area contributed by atoms with E-state index in [4.69, 9.17) is 15.0 Å². The third-order valence-electron chi connectivity index (χ3n) is 0.508. The standard InChI is InChI=1S/C6H10.CH2O3/c1-3-5-6-4-2;2-1(3)4/h3,5-6H,1,4H2,2H3;(H2,2,3,4). The number of rotatable bonds is 2. The van der Waals surface area contributed by atoms with Crippen LogP contribution in [0.25, 0.3) is 0 Å². The van der Waals surface area contributed by atoms with Crippen LogP contribution in [0.1, 0.15) is 13.3 Å². The van der Waals surface area contributed by atoms with Crippen LogP contribution in [-0.4, -0.2) is 16.4 Å². The molecule has 2 N–H and O–H groups in total. The van der Waals surface area contributed by atoms with Crippen molar-refractivity contribution in [3.63, 3.8) is 0 Å². The van der Waals surface area contributed by atoms with Gasteiger partial charge in [-0.2, -0.15) is 0 Å². The van der Waals surface area contributed by atoms with E-state index in [0.717, 1.165) is 6.42 Å². The molecule has 0 aliphatic heterocycles. The van der Waals surface area contributed by atoms with Crippen LogP contribution in [0.3, 0.4) is 0 Å². The van der Waals surface area contributed by atoms with Gasteiger partial charge in [0.2, 0.25) is 0 Å². The molecule has 0 aromatic heterocycles. The van der Waals surface area contributed by atoms with Gasteiger partial charge in [0.25, 0.3) is 0 Å². The molecule has 0 bridgehead atoms. The van der Waals surface area contributed by atoms with E-state index in [1.165, 1.54) is 0 Å². The van der Waals surface area contributed by atoms with E-state index < -0.39 is 6.16 Å².